The van der Waals surface area contributed by atoms with Crippen LogP contribution in [0.4, 0.5) is 5.95 Å². The Balaban J connectivity index is 1.77. The first kappa shape index (κ1) is 17.8. The molecule has 7 heteroatoms. The Morgan fingerprint density at radius 3 is 2.75 bits per heavy atom. The van der Waals surface area contributed by atoms with Gasteiger partial charge in [0.25, 0.3) is 0 Å². The molecule has 0 unspecified atom stereocenters. The van der Waals surface area contributed by atoms with Gasteiger partial charge in [-0.1, -0.05) is 53.7 Å². The van der Waals surface area contributed by atoms with E-state index in [4.69, 9.17) is 4.74 Å². The number of benzene rings is 1. The number of rotatable bonds is 6. The van der Waals surface area contributed by atoms with Gasteiger partial charge in [-0.2, -0.15) is 0 Å². The van der Waals surface area contributed by atoms with Gasteiger partial charge in [0.05, 0.1) is 13.2 Å². The fourth-order valence-electron chi connectivity index (χ4n) is 2.68. The van der Waals surface area contributed by atoms with Crippen molar-refractivity contribution in [1.82, 2.24) is 14.8 Å². The highest BCUT2D eigenvalue weighted by atomic mass is 79.9. The second kappa shape index (κ2) is 8.36. The van der Waals surface area contributed by atoms with E-state index < -0.39 is 0 Å². The summed E-state index contributed by atoms with van der Waals surface area (Å²) in [4.78, 5) is 2.28. The first-order valence-electron chi connectivity index (χ1n) is 8.26. The molecule has 1 aromatic heterocycles. The minimum absolute atomic E-state index is 0.547. The van der Waals surface area contributed by atoms with Crippen LogP contribution < -0.4 is 4.90 Å². The zero-order valence-electron chi connectivity index (χ0n) is 14.1. The summed E-state index contributed by atoms with van der Waals surface area (Å²) in [6.45, 7) is 8.67. The molecule has 5 nitrogen and oxygen atoms in total. The van der Waals surface area contributed by atoms with Crippen LogP contribution in [0.15, 0.2) is 33.9 Å². The Morgan fingerprint density at radius 2 is 2.04 bits per heavy atom. The number of hydrogen-bond acceptors (Lipinski definition) is 5. The van der Waals surface area contributed by atoms with E-state index in [-0.39, 0.29) is 0 Å². The molecule has 1 aliphatic heterocycles. The lowest BCUT2D eigenvalue weighted by molar-refractivity contribution is 0.121. The Hall–Kier alpha value is -1.05. The van der Waals surface area contributed by atoms with E-state index in [0.29, 0.717) is 5.92 Å². The first-order chi connectivity index (χ1) is 11.6. The molecule has 1 aromatic carbocycles. The molecular weight excluding hydrogens is 388 g/mol. The van der Waals surface area contributed by atoms with Gasteiger partial charge in [0, 0.05) is 29.9 Å². The topological polar surface area (TPSA) is 43.2 Å². The second-order valence-corrected chi connectivity index (χ2v) is 8.16. The van der Waals surface area contributed by atoms with Gasteiger partial charge in [0.1, 0.15) is 0 Å². The number of nitrogens with zero attached hydrogens (tertiary/aromatic N) is 4. The van der Waals surface area contributed by atoms with Gasteiger partial charge in [-0.3, -0.25) is 4.57 Å². The lowest BCUT2D eigenvalue weighted by atomic mass is 10.2. The molecule has 0 radical (unpaired) electrons. The van der Waals surface area contributed by atoms with Crippen LogP contribution in [0.2, 0.25) is 0 Å². The van der Waals surface area contributed by atoms with Crippen molar-refractivity contribution in [2.45, 2.75) is 31.3 Å². The smallest absolute Gasteiger partial charge is 0.228 e. The molecule has 0 atom stereocenters. The molecule has 2 heterocycles. The third kappa shape index (κ3) is 4.52. The van der Waals surface area contributed by atoms with Gasteiger partial charge in [-0.25, -0.2) is 0 Å². The standard InChI is InChI=1S/C17H23BrN4OS/c1-13(2)11-22-16(21-6-8-23-9-7-21)19-20-17(22)24-12-14-4-3-5-15(18)10-14/h3-5,10,13H,6-9,11-12H2,1-2H3. The molecule has 0 amide bonds. The summed E-state index contributed by atoms with van der Waals surface area (Å²) < 4.78 is 8.83. The third-order valence-electron chi connectivity index (χ3n) is 3.80. The molecule has 1 fully saturated rings. The normalized spacial score (nSPS) is 15.2. The summed E-state index contributed by atoms with van der Waals surface area (Å²) in [6.07, 6.45) is 0. The highest BCUT2D eigenvalue weighted by Gasteiger charge is 2.21. The molecule has 0 N–H and O–H groups in total. The summed E-state index contributed by atoms with van der Waals surface area (Å²) in [5, 5.41) is 9.93. The quantitative estimate of drug-likeness (QED) is 0.676. The van der Waals surface area contributed by atoms with Gasteiger partial charge in [-0.15, -0.1) is 10.2 Å². The van der Waals surface area contributed by atoms with Crippen molar-refractivity contribution in [1.29, 1.82) is 0 Å². The van der Waals surface area contributed by atoms with Gasteiger partial charge in [0.2, 0.25) is 5.95 Å². The molecule has 24 heavy (non-hydrogen) atoms. The molecule has 3 rings (SSSR count). The first-order valence-corrected chi connectivity index (χ1v) is 10.0. The highest BCUT2D eigenvalue weighted by molar-refractivity contribution is 9.10. The molecule has 1 saturated heterocycles. The fraction of sp³-hybridized carbons (Fsp3) is 0.529. The number of hydrogen-bond donors (Lipinski definition) is 0. The minimum atomic E-state index is 0.547. The van der Waals surface area contributed by atoms with Crippen molar-refractivity contribution >= 4 is 33.6 Å². The molecular formula is C17H23BrN4OS. The van der Waals surface area contributed by atoms with Crippen molar-refractivity contribution in [3.8, 4) is 0 Å². The van der Waals surface area contributed by atoms with Crippen molar-refractivity contribution < 1.29 is 4.74 Å². The molecule has 0 aliphatic carbocycles. The largest absolute Gasteiger partial charge is 0.378 e. The number of ether oxygens (including phenoxy) is 1. The second-order valence-electron chi connectivity index (χ2n) is 6.31. The van der Waals surface area contributed by atoms with E-state index >= 15 is 0 Å². The molecule has 0 spiro atoms. The van der Waals surface area contributed by atoms with E-state index in [1.165, 1.54) is 5.56 Å². The van der Waals surface area contributed by atoms with E-state index in [2.05, 4.69) is 67.6 Å². The van der Waals surface area contributed by atoms with Crippen LogP contribution in [-0.4, -0.2) is 41.1 Å². The van der Waals surface area contributed by atoms with Gasteiger partial charge in [0.15, 0.2) is 5.16 Å². The van der Waals surface area contributed by atoms with Gasteiger partial charge >= 0.3 is 0 Å². The van der Waals surface area contributed by atoms with Gasteiger partial charge < -0.3 is 9.64 Å². The van der Waals surface area contributed by atoms with E-state index in [1.807, 2.05) is 6.07 Å². The monoisotopic (exact) mass is 410 g/mol. The average Bonchev–Trinajstić information content (AvgIpc) is 2.96. The van der Waals surface area contributed by atoms with Crippen LogP contribution in [0.5, 0.6) is 0 Å². The zero-order chi connectivity index (χ0) is 16.9. The molecule has 130 valence electrons. The molecule has 2 aromatic rings. The average molecular weight is 411 g/mol. The Labute approximate surface area is 155 Å². The summed E-state index contributed by atoms with van der Waals surface area (Å²) in [7, 11) is 0. The maximum absolute atomic E-state index is 5.46. The van der Waals surface area contributed by atoms with Crippen LogP contribution >= 0.6 is 27.7 Å². The lowest BCUT2D eigenvalue weighted by Gasteiger charge is -2.28. The van der Waals surface area contributed by atoms with Crippen LogP contribution in [0, 0.1) is 5.92 Å². The van der Waals surface area contributed by atoms with Crippen LogP contribution in [0.3, 0.4) is 0 Å². The van der Waals surface area contributed by atoms with E-state index in [9.17, 15) is 0 Å². The number of halogens is 1. The maximum atomic E-state index is 5.46. The molecule has 1 aliphatic rings. The Bertz CT molecular complexity index is 670. The van der Waals surface area contributed by atoms with Crippen molar-refractivity contribution in [3.63, 3.8) is 0 Å². The van der Waals surface area contributed by atoms with E-state index in [1.54, 1.807) is 11.8 Å². The third-order valence-corrected chi connectivity index (χ3v) is 5.33. The van der Waals surface area contributed by atoms with Gasteiger partial charge in [-0.05, 0) is 23.6 Å². The predicted octanol–water partition coefficient (Wildman–Crippen LogP) is 3.83. The Kier molecular flexibility index (Phi) is 6.19. The van der Waals surface area contributed by atoms with Crippen molar-refractivity contribution in [2.24, 2.45) is 5.92 Å². The molecule has 0 bridgehead atoms. The van der Waals surface area contributed by atoms with Crippen molar-refractivity contribution in [3.05, 3.63) is 34.3 Å². The zero-order valence-corrected chi connectivity index (χ0v) is 16.5. The summed E-state index contributed by atoms with van der Waals surface area (Å²) in [5.41, 5.74) is 1.28. The number of morpholine rings is 1. The van der Waals surface area contributed by atoms with Crippen LogP contribution in [-0.2, 0) is 17.0 Å². The maximum Gasteiger partial charge on any atom is 0.228 e. The number of thioether (sulfide) groups is 1. The fourth-order valence-corrected chi connectivity index (χ4v) is 4.02. The SMILES string of the molecule is CC(C)Cn1c(SCc2cccc(Br)c2)nnc1N1CCOCC1. The number of aromatic nitrogens is 3. The molecule has 0 saturated carbocycles. The highest BCUT2D eigenvalue weighted by Crippen LogP contribution is 2.27. The lowest BCUT2D eigenvalue weighted by Crippen LogP contribution is -2.38. The summed E-state index contributed by atoms with van der Waals surface area (Å²) in [5.74, 6) is 2.41. The number of anilines is 1. The minimum Gasteiger partial charge on any atom is -0.378 e. The van der Waals surface area contributed by atoms with Crippen molar-refractivity contribution in [2.75, 3.05) is 31.2 Å². The van der Waals surface area contributed by atoms with E-state index in [0.717, 1.165) is 54.2 Å². The predicted molar refractivity (Wildman–Crippen MR) is 102 cm³/mol. The summed E-state index contributed by atoms with van der Waals surface area (Å²) in [6, 6.07) is 8.41. The van der Waals surface area contributed by atoms with Crippen LogP contribution in [0.1, 0.15) is 19.4 Å². The van der Waals surface area contributed by atoms with Crippen LogP contribution in [0.25, 0.3) is 0 Å². The Morgan fingerprint density at radius 1 is 1.25 bits per heavy atom. The summed E-state index contributed by atoms with van der Waals surface area (Å²) >= 11 is 5.28.